The number of hydrogen-bond donors (Lipinski definition) is 3. The van der Waals surface area contributed by atoms with Crippen LogP contribution in [0.25, 0.3) is 10.9 Å². The van der Waals surface area contributed by atoms with E-state index in [1.165, 1.54) is 13.3 Å². The van der Waals surface area contributed by atoms with Crippen LogP contribution in [-0.2, 0) is 17.8 Å². The molecule has 1 fully saturated rings. The number of pyridine rings is 1. The lowest BCUT2D eigenvalue weighted by molar-refractivity contribution is -0.143. The summed E-state index contributed by atoms with van der Waals surface area (Å²) in [6.45, 7) is 1.06. The number of piperidine rings is 1. The number of hydroxylamine groups is 1. The number of hydrogen-bond acceptors (Lipinski definition) is 6. The summed E-state index contributed by atoms with van der Waals surface area (Å²) in [5, 5.41) is 19.8. The van der Waals surface area contributed by atoms with Gasteiger partial charge in [-0.3, -0.25) is 15.0 Å². The van der Waals surface area contributed by atoms with Crippen molar-refractivity contribution in [1.29, 1.82) is 0 Å². The number of aryl methyl sites for hydroxylation is 1. The van der Waals surface area contributed by atoms with Crippen molar-refractivity contribution in [2.24, 2.45) is 5.41 Å². The molecule has 4 rings (SSSR count). The zero-order valence-corrected chi connectivity index (χ0v) is 22.2. The van der Waals surface area contributed by atoms with E-state index in [0.29, 0.717) is 72.7 Å². The normalized spacial score (nSPS) is 16.2. The van der Waals surface area contributed by atoms with Crippen LogP contribution in [0.2, 0.25) is 0 Å². The third-order valence-electron chi connectivity index (χ3n) is 7.94. The average Bonchev–Trinajstić information content (AvgIpc) is 2.97. The van der Waals surface area contributed by atoms with Crippen LogP contribution in [0.5, 0.6) is 5.75 Å². The quantitative estimate of drug-likeness (QED) is 0.129. The van der Waals surface area contributed by atoms with Crippen LogP contribution in [0.3, 0.4) is 0 Å². The number of rotatable bonds is 11. The Morgan fingerprint density at radius 1 is 1.18 bits per heavy atom. The van der Waals surface area contributed by atoms with E-state index >= 15 is 4.39 Å². The summed E-state index contributed by atoms with van der Waals surface area (Å²) >= 11 is 0. The first kappa shape index (κ1) is 29.7. The highest BCUT2D eigenvalue weighted by atomic mass is 19.2. The molecule has 0 aliphatic carbocycles. The lowest BCUT2D eigenvalue weighted by Crippen LogP contribution is -2.48. The molecule has 2 aromatic carbocycles. The molecule has 1 aliphatic heterocycles. The minimum absolute atomic E-state index is 0.0266. The number of amides is 1. The third kappa shape index (κ3) is 6.37. The number of methoxy groups -OCH3 is 1. The third-order valence-corrected chi connectivity index (χ3v) is 7.94. The van der Waals surface area contributed by atoms with E-state index in [4.69, 9.17) is 4.74 Å². The van der Waals surface area contributed by atoms with Crippen molar-refractivity contribution in [3.8, 4) is 5.75 Å². The maximum atomic E-state index is 15.9. The maximum absolute atomic E-state index is 15.9. The second kappa shape index (κ2) is 12.9. The van der Waals surface area contributed by atoms with E-state index in [-0.39, 0.29) is 24.8 Å². The number of aliphatic hydroxyl groups excluding tert-OH is 1. The van der Waals surface area contributed by atoms with Crippen LogP contribution < -0.4 is 10.2 Å². The molecule has 0 bridgehead atoms. The van der Waals surface area contributed by atoms with Crippen molar-refractivity contribution < 1.29 is 37.4 Å². The van der Waals surface area contributed by atoms with Gasteiger partial charge in [0.2, 0.25) is 5.91 Å². The smallest absolute Gasteiger partial charge is 0.249 e. The fourth-order valence-corrected chi connectivity index (χ4v) is 5.60. The number of likely N-dealkylation sites (tertiary alicyclic amines) is 1. The Morgan fingerprint density at radius 3 is 2.60 bits per heavy atom. The van der Waals surface area contributed by atoms with E-state index in [0.717, 1.165) is 6.07 Å². The van der Waals surface area contributed by atoms with Crippen LogP contribution in [0.1, 0.15) is 55.0 Å². The number of carbonyl (C=O) groups excluding carboxylic acids is 1. The van der Waals surface area contributed by atoms with E-state index in [1.54, 1.807) is 23.7 Å². The molecular formula is C29H33F4N3O4. The van der Waals surface area contributed by atoms with Crippen molar-refractivity contribution in [2.45, 2.75) is 51.3 Å². The molecule has 216 valence electrons. The summed E-state index contributed by atoms with van der Waals surface area (Å²) in [5.74, 6) is -3.16. The molecule has 1 saturated heterocycles. The van der Waals surface area contributed by atoms with Gasteiger partial charge in [-0.25, -0.2) is 23.0 Å². The van der Waals surface area contributed by atoms with E-state index in [9.17, 15) is 28.3 Å². The minimum atomic E-state index is -1.51. The lowest BCUT2D eigenvalue weighted by Gasteiger charge is -2.40. The van der Waals surface area contributed by atoms with Gasteiger partial charge in [0.05, 0.1) is 24.6 Å². The molecular weight excluding hydrogens is 530 g/mol. The number of fused-ring (bicyclic) bond motifs is 1. The van der Waals surface area contributed by atoms with Gasteiger partial charge in [0.1, 0.15) is 17.7 Å². The fourth-order valence-electron chi connectivity index (χ4n) is 5.60. The standard InChI is InChI=1S/C29H33F4N3O4/c1-40-21-4-5-25-22(15-21)26(19(17-37)16-34-25)23(31)6-7-29(28(38)35-39)8-11-36(12-9-29)10-2-3-18-13-20(30)14-24(32)27(18)33/h4-5,13-16,23,37,39H,2-3,6-12,17H2,1H3,(H,35,38)/t23-/m1/s1. The SMILES string of the molecule is COc1ccc2ncc(CO)c([C@H](F)CCC3(C(=O)NO)CCN(CCCc4cc(F)cc(F)c4F)CC3)c2c1. The number of nitrogens with zero attached hydrogens (tertiary/aromatic N) is 2. The second-order valence-electron chi connectivity index (χ2n) is 10.3. The van der Waals surface area contributed by atoms with Gasteiger partial charge in [-0.15, -0.1) is 0 Å². The number of aliphatic hydroxyl groups is 1. The largest absolute Gasteiger partial charge is 0.497 e. The zero-order valence-electron chi connectivity index (χ0n) is 22.2. The van der Waals surface area contributed by atoms with Gasteiger partial charge in [-0.2, -0.15) is 0 Å². The molecule has 1 aliphatic rings. The van der Waals surface area contributed by atoms with Crippen LogP contribution in [0, 0.1) is 22.9 Å². The molecule has 11 heteroatoms. The highest BCUT2D eigenvalue weighted by Gasteiger charge is 2.41. The van der Waals surface area contributed by atoms with Gasteiger partial charge in [-0.05, 0) is 88.0 Å². The lowest BCUT2D eigenvalue weighted by atomic mass is 9.73. The molecule has 2 heterocycles. The average molecular weight is 564 g/mol. The fraction of sp³-hybridized carbons (Fsp3) is 0.448. The molecule has 1 aromatic heterocycles. The molecule has 1 atom stereocenters. The molecule has 1 amide bonds. The molecule has 0 saturated carbocycles. The highest BCUT2D eigenvalue weighted by molar-refractivity contribution is 5.85. The second-order valence-corrected chi connectivity index (χ2v) is 10.3. The van der Waals surface area contributed by atoms with Gasteiger partial charge < -0.3 is 14.7 Å². The molecule has 0 radical (unpaired) electrons. The summed E-state index contributed by atoms with van der Waals surface area (Å²) < 4.78 is 62.0. The van der Waals surface area contributed by atoms with E-state index in [1.807, 2.05) is 0 Å². The number of benzene rings is 2. The van der Waals surface area contributed by atoms with E-state index < -0.39 is 41.6 Å². The van der Waals surface area contributed by atoms with Crippen LogP contribution >= 0.6 is 0 Å². The Labute approximate surface area is 229 Å². The first-order chi connectivity index (χ1) is 19.2. The molecule has 3 N–H and O–H groups in total. The Balaban J connectivity index is 1.42. The van der Waals surface area contributed by atoms with Crippen molar-refractivity contribution in [3.63, 3.8) is 0 Å². The molecule has 40 heavy (non-hydrogen) atoms. The number of nitrogens with one attached hydrogen (secondary N) is 1. The maximum Gasteiger partial charge on any atom is 0.249 e. The van der Waals surface area contributed by atoms with Gasteiger partial charge in [0, 0.05) is 28.8 Å². The van der Waals surface area contributed by atoms with Crippen molar-refractivity contribution in [2.75, 3.05) is 26.7 Å². The Hall–Kier alpha value is -3.28. The van der Waals surface area contributed by atoms with Gasteiger partial charge in [0.15, 0.2) is 11.6 Å². The number of carbonyl (C=O) groups is 1. The number of aromatic nitrogens is 1. The Morgan fingerprint density at radius 2 is 1.93 bits per heavy atom. The molecule has 3 aromatic rings. The van der Waals surface area contributed by atoms with Crippen LogP contribution in [0.15, 0.2) is 36.5 Å². The first-order valence-corrected chi connectivity index (χ1v) is 13.2. The monoisotopic (exact) mass is 563 g/mol. The van der Waals surface area contributed by atoms with Gasteiger partial charge in [0.25, 0.3) is 0 Å². The van der Waals surface area contributed by atoms with Crippen molar-refractivity contribution in [1.82, 2.24) is 15.4 Å². The minimum Gasteiger partial charge on any atom is -0.497 e. The van der Waals surface area contributed by atoms with E-state index in [2.05, 4.69) is 9.88 Å². The van der Waals surface area contributed by atoms with Gasteiger partial charge in [-0.1, -0.05) is 0 Å². The number of alkyl halides is 1. The van der Waals surface area contributed by atoms with Crippen LogP contribution in [-0.4, -0.2) is 52.8 Å². The Kier molecular flexibility index (Phi) is 9.60. The predicted molar refractivity (Wildman–Crippen MR) is 140 cm³/mol. The van der Waals surface area contributed by atoms with Crippen molar-refractivity contribution >= 4 is 16.8 Å². The Bertz CT molecular complexity index is 1340. The summed E-state index contributed by atoms with van der Waals surface area (Å²) in [5.41, 5.74) is 1.90. The van der Waals surface area contributed by atoms with Gasteiger partial charge >= 0.3 is 0 Å². The molecule has 0 unspecified atom stereocenters. The highest BCUT2D eigenvalue weighted by Crippen LogP contribution is 2.41. The number of halogens is 4. The summed E-state index contributed by atoms with van der Waals surface area (Å²) in [6.07, 6.45) is 1.37. The summed E-state index contributed by atoms with van der Waals surface area (Å²) in [7, 11) is 1.50. The molecule has 7 nitrogen and oxygen atoms in total. The van der Waals surface area contributed by atoms with Crippen LogP contribution in [0.4, 0.5) is 17.6 Å². The summed E-state index contributed by atoms with van der Waals surface area (Å²) in [6, 6.07) is 6.59. The predicted octanol–water partition coefficient (Wildman–Crippen LogP) is 5.16. The topological polar surface area (TPSA) is 94.9 Å². The zero-order chi connectivity index (χ0) is 28.9. The first-order valence-electron chi connectivity index (χ1n) is 13.2. The van der Waals surface area contributed by atoms with Crippen molar-refractivity contribution in [3.05, 3.63) is 70.7 Å². The number of ether oxygens (including phenoxy) is 1. The summed E-state index contributed by atoms with van der Waals surface area (Å²) in [4.78, 5) is 19.1. The molecule has 0 spiro atoms.